The van der Waals surface area contributed by atoms with E-state index < -0.39 is 0 Å². The van der Waals surface area contributed by atoms with Gasteiger partial charge < -0.3 is 4.90 Å². The Balaban J connectivity index is 0.000000514. The van der Waals surface area contributed by atoms with Crippen molar-refractivity contribution in [2.45, 2.75) is 51.9 Å². The van der Waals surface area contributed by atoms with E-state index in [1.54, 1.807) is 11.1 Å². The summed E-state index contributed by atoms with van der Waals surface area (Å²) < 4.78 is 0. The molecule has 1 aromatic rings. The highest BCUT2D eigenvalue weighted by molar-refractivity contribution is 5.58. The summed E-state index contributed by atoms with van der Waals surface area (Å²) in [6.45, 7) is 5.20. The summed E-state index contributed by atoms with van der Waals surface area (Å²) in [7, 11) is 2.20. The van der Waals surface area contributed by atoms with Crippen LogP contribution in [0.2, 0.25) is 0 Å². The molecule has 94 valence electrons. The average Bonchev–Trinajstić information content (AvgIpc) is 3.02. The molecule has 0 amide bonds. The van der Waals surface area contributed by atoms with Gasteiger partial charge in [0, 0.05) is 19.3 Å². The largest absolute Gasteiger partial charge is 0.374 e. The minimum absolute atomic E-state index is 0.862. The van der Waals surface area contributed by atoms with Crippen LogP contribution in [0, 0.1) is 0 Å². The lowest BCUT2D eigenvalue weighted by molar-refractivity contribution is 0.722. The van der Waals surface area contributed by atoms with Gasteiger partial charge in [0.15, 0.2) is 0 Å². The molecule has 1 saturated carbocycles. The zero-order chi connectivity index (χ0) is 12.3. The van der Waals surface area contributed by atoms with Crippen molar-refractivity contribution in [1.82, 2.24) is 0 Å². The van der Waals surface area contributed by atoms with Crippen LogP contribution in [-0.4, -0.2) is 13.6 Å². The molecule has 3 rings (SSSR count). The molecule has 1 fully saturated rings. The van der Waals surface area contributed by atoms with E-state index in [2.05, 4.69) is 30.1 Å². The number of hydrogen-bond acceptors (Lipinski definition) is 1. The first-order valence-corrected chi connectivity index (χ1v) is 7.18. The molecule has 0 atom stereocenters. The Hall–Kier alpha value is -0.980. The van der Waals surface area contributed by atoms with Gasteiger partial charge in [0.1, 0.15) is 0 Å². The van der Waals surface area contributed by atoms with Crippen LogP contribution in [0.4, 0.5) is 5.69 Å². The second kappa shape index (κ2) is 5.57. The molecule has 0 aromatic heterocycles. The number of anilines is 1. The predicted octanol–water partition coefficient (Wildman–Crippen LogP) is 4.36. The van der Waals surface area contributed by atoms with Crippen LogP contribution in [0.3, 0.4) is 0 Å². The minimum atomic E-state index is 0.862. The molecule has 0 spiro atoms. The van der Waals surface area contributed by atoms with Crippen LogP contribution in [0.25, 0.3) is 0 Å². The Bertz CT molecular complexity index is 364. The van der Waals surface area contributed by atoms with Gasteiger partial charge in [-0.3, -0.25) is 0 Å². The molecule has 1 nitrogen and oxygen atoms in total. The van der Waals surface area contributed by atoms with Crippen molar-refractivity contribution < 1.29 is 0 Å². The third kappa shape index (κ3) is 2.48. The Labute approximate surface area is 106 Å². The van der Waals surface area contributed by atoms with Crippen molar-refractivity contribution >= 4 is 5.69 Å². The second-order valence-electron chi connectivity index (χ2n) is 5.04. The Morgan fingerprint density at radius 3 is 2.53 bits per heavy atom. The van der Waals surface area contributed by atoms with Gasteiger partial charge in [-0.15, -0.1) is 0 Å². The molecule has 1 heterocycles. The molecular weight excluding hydrogens is 206 g/mol. The predicted molar refractivity (Wildman–Crippen MR) is 76.0 cm³/mol. The third-order valence-corrected chi connectivity index (χ3v) is 4.06. The maximum Gasteiger partial charge on any atom is 0.0397 e. The van der Waals surface area contributed by atoms with E-state index in [0.29, 0.717) is 0 Å². The van der Waals surface area contributed by atoms with Gasteiger partial charge in [-0.2, -0.15) is 0 Å². The van der Waals surface area contributed by atoms with Gasteiger partial charge in [0.2, 0.25) is 0 Å². The lowest BCUT2D eigenvalue weighted by Crippen LogP contribution is -2.12. The van der Waals surface area contributed by atoms with E-state index in [9.17, 15) is 0 Å². The molecule has 0 N–H and O–H groups in total. The summed E-state index contributed by atoms with van der Waals surface area (Å²) in [5, 5.41) is 0. The normalized spacial score (nSPS) is 18.9. The summed E-state index contributed by atoms with van der Waals surface area (Å²) in [5.41, 5.74) is 4.63. The first kappa shape index (κ1) is 12.5. The standard InChI is InChI=1S/C14H19N.C2H6/c1-15-9-8-13-10-12(6-7-14(13)15)11-4-2-3-5-11;1-2/h6-7,10-11H,2-5,8-9H2,1H3;1-2H3. The first-order chi connectivity index (χ1) is 8.34. The van der Waals surface area contributed by atoms with Gasteiger partial charge in [-0.25, -0.2) is 0 Å². The van der Waals surface area contributed by atoms with Crippen molar-refractivity contribution in [3.8, 4) is 0 Å². The van der Waals surface area contributed by atoms with Crippen LogP contribution in [0.5, 0.6) is 0 Å². The fourth-order valence-electron chi connectivity index (χ4n) is 3.10. The third-order valence-electron chi connectivity index (χ3n) is 4.06. The second-order valence-corrected chi connectivity index (χ2v) is 5.04. The molecule has 1 aromatic carbocycles. The average molecular weight is 231 g/mol. The number of nitrogens with zero attached hydrogens (tertiary/aromatic N) is 1. The van der Waals surface area contributed by atoms with E-state index in [1.165, 1.54) is 44.3 Å². The molecule has 1 aliphatic heterocycles. The summed E-state index contributed by atoms with van der Waals surface area (Å²) in [6, 6.07) is 7.15. The van der Waals surface area contributed by atoms with E-state index in [0.717, 1.165) is 5.92 Å². The van der Waals surface area contributed by atoms with Gasteiger partial charge in [-0.1, -0.05) is 38.8 Å². The number of benzene rings is 1. The number of fused-ring (bicyclic) bond motifs is 1. The fourth-order valence-corrected chi connectivity index (χ4v) is 3.10. The summed E-state index contributed by atoms with van der Waals surface area (Å²) in [6.07, 6.45) is 6.93. The van der Waals surface area contributed by atoms with Crippen LogP contribution < -0.4 is 4.90 Å². The first-order valence-electron chi connectivity index (χ1n) is 7.18. The minimum Gasteiger partial charge on any atom is -0.374 e. The summed E-state index contributed by atoms with van der Waals surface area (Å²) in [4.78, 5) is 2.37. The maximum atomic E-state index is 2.47. The molecule has 1 heteroatoms. The molecule has 1 aliphatic carbocycles. The SMILES string of the molecule is CC.CN1CCc2cc(C3CCCC3)ccc21. The van der Waals surface area contributed by atoms with E-state index in [4.69, 9.17) is 0 Å². The summed E-state index contributed by atoms with van der Waals surface area (Å²) in [5.74, 6) is 0.862. The lowest BCUT2D eigenvalue weighted by atomic mass is 9.95. The zero-order valence-corrected chi connectivity index (χ0v) is 11.5. The lowest BCUT2D eigenvalue weighted by Gasteiger charge is -2.14. The quantitative estimate of drug-likeness (QED) is 0.694. The molecule has 0 saturated heterocycles. The highest BCUT2D eigenvalue weighted by atomic mass is 15.1. The van der Waals surface area contributed by atoms with Crippen molar-refractivity contribution in [3.05, 3.63) is 29.3 Å². The number of rotatable bonds is 1. The Kier molecular flexibility index (Phi) is 4.09. The van der Waals surface area contributed by atoms with Crippen molar-refractivity contribution in [2.24, 2.45) is 0 Å². The Morgan fingerprint density at radius 1 is 1.12 bits per heavy atom. The molecule has 0 bridgehead atoms. The monoisotopic (exact) mass is 231 g/mol. The number of likely N-dealkylation sites (N-methyl/N-ethyl adjacent to an activating group) is 1. The van der Waals surface area contributed by atoms with Crippen molar-refractivity contribution in [2.75, 3.05) is 18.5 Å². The zero-order valence-electron chi connectivity index (χ0n) is 11.5. The van der Waals surface area contributed by atoms with Crippen LogP contribution in [0.15, 0.2) is 18.2 Å². The maximum absolute atomic E-state index is 2.47. The van der Waals surface area contributed by atoms with Crippen molar-refractivity contribution in [3.63, 3.8) is 0 Å². The number of hydrogen-bond donors (Lipinski definition) is 0. The summed E-state index contributed by atoms with van der Waals surface area (Å²) >= 11 is 0. The smallest absolute Gasteiger partial charge is 0.0397 e. The molecule has 17 heavy (non-hydrogen) atoms. The van der Waals surface area contributed by atoms with Gasteiger partial charge in [-0.05, 0) is 42.4 Å². The van der Waals surface area contributed by atoms with E-state index >= 15 is 0 Å². The molecular formula is C16H25N. The van der Waals surface area contributed by atoms with Crippen LogP contribution in [0.1, 0.15) is 56.6 Å². The molecule has 2 aliphatic rings. The highest BCUT2D eigenvalue weighted by Crippen LogP contribution is 2.37. The van der Waals surface area contributed by atoms with Gasteiger partial charge >= 0.3 is 0 Å². The fraction of sp³-hybridized carbons (Fsp3) is 0.625. The topological polar surface area (TPSA) is 3.24 Å². The molecule has 0 radical (unpaired) electrons. The highest BCUT2D eigenvalue weighted by Gasteiger charge is 2.20. The van der Waals surface area contributed by atoms with E-state index in [1.807, 2.05) is 13.8 Å². The van der Waals surface area contributed by atoms with Gasteiger partial charge in [0.25, 0.3) is 0 Å². The van der Waals surface area contributed by atoms with Gasteiger partial charge in [0.05, 0.1) is 0 Å². The van der Waals surface area contributed by atoms with Crippen molar-refractivity contribution in [1.29, 1.82) is 0 Å². The van der Waals surface area contributed by atoms with Crippen LogP contribution >= 0.6 is 0 Å². The van der Waals surface area contributed by atoms with E-state index in [-0.39, 0.29) is 0 Å². The van der Waals surface area contributed by atoms with Crippen LogP contribution in [-0.2, 0) is 6.42 Å². The molecule has 0 unspecified atom stereocenters. The Morgan fingerprint density at radius 2 is 1.82 bits per heavy atom.